The van der Waals surface area contributed by atoms with Crippen LogP contribution in [-0.4, -0.2) is 8.42 Å². The third-order valence-corrected chi connectivity index (χ3v) is 3.75. The maximum absolute atomic E-state index is 13.2. The first-order valence-electron chi connectivity index (χ1n) is 5.73. The van der Waals surface area contributed by atoms with E-state index in [1.807, 2.05) is 0 Å². The second kappa shape index (κ2) is 5.10. The minimum absolute atomic E-state index is 0.0522. The number of rotatable bonds is 3. The van der Waals surface area contributed by atoms with Crippen LogP contribution in [0.4, 0.5) is 21.5 Å². The normalized spacial score (nSPS) is 11.3. The Morgan fingerprint density at radius 1 is 1.10 bits per heavy atom. The highest BCUT2D eigenvalue weighted by molar-refractivity contribution is 7.89. The first kappa shape index (κ1) is 14.3. The minimum Gasteiger partial charge on any atom is -0.398 e. The van der Waals surface area contributed by atoms with Gasteiger partial charge in [-0.2, -0.15) is 0 Å². The largest absolute Gasteiger partial charge is 0.398 e. The lowest BCUT2D eigenvalue weighted by molar-refractivity contribution is 0.598. The van der Waals surface area contributed by atoms with Crippen molar-refractivity contribution >= 4 is 27.1 Å². The summed E-state index contributed by atoms with van der Waals surface area (Å²) in [5.41, 5.74) is 7.47. The number of primary sulfonamides is 1. The van der Waals surface area contributed by atoms with Crippen LogP contribution >= 0.6 is 0 Å². The van der Waals surface area contributed by atoms with E-state index in [2.05, 4.69) is 5.32 Å². The summed E-state index contributed by atoms with van der Waals surface area (Å²) in [4.78, 5) is -0.127. The van der Waals surface area contributed by atoms with Gasteiger partial charge in [-0.3, -0.25) is 0 Å². The standard InChI is InChI=1S/C13H14FN3O2S/c1-8-6-9(2-4-11(8)14)17-10-3-5-13(12(15)7-10)20(16,18)19/h2-7,17H,15H2,1H3,(H2,16,18,19). The molecule has 0 spiro atoms. The number of benzene rings is 2. The van der Waals surface area contributed by atoms with Crippen LogP contribution in [-0.2, 0) is 10.0 Å². The Labute approximate surface area is 116 Å². The van der Waals surface area contributed by atoms with E-state index in [0.717, 1.165) is 0 Å². The maximum atomic E-state index is 13.2. The van der Waals surface area contributed by atoms with Gasteiger partial charge in [0.1, 0.15) is 10.7 Å². The van der Waals surface area contributed by atoms with Crippen LogP contribution in [0.15, 0.2) is 41.3 Å². The number of anilines is 3. The van der Waals surface area contributed by atoms with E-state index >= 15 is 0 Å². The average molecular weight is 295 g/mol. The zero-order valence-electron chi connectivity index (χ0n) is 10.7. The highest BCUT2D eigenvalue weighted by Crippen LogP contribution is 2.24. The van der Waals surface area contributed by atoms with Gasteiger partial charge in [0.05, 0.1) is 5.69 Å². The van der Waals surface area contributed by atoms with Crippen LogP contribution < -0.4 is 16.2 Å². The molecule has 20 heavy (non-hydrogen) atoms. The zero-order chi connectivity index (χ0) is 14.9. The Morgan fingerprint density at radius 3 is 2.25 bits per heavy atom. The molecule has 106 valence electrons. The van der Waals surface area contributed by atoms with E-state index < -0.39 is 10.0 Å². The third kappa shape index (κ3) is 3.06. The van der Waals surface area contributed by atoms with Gasteiger partial charge in [0.25, 0.3) is 0 Å². The molecule has 0 aliphatic carbocycles. The molecular weight excluding hydrogens is 281 g/mol. The predicted octanol–water partition coefficient (Wildman–Crippen LogP) is 2.11. The molecule has 0 heterocycles. The van der Waals surface area contributed by atoms with Gasteiger partial charge in [0, 0.05) is 11.4 Å². The number of aryl methyl sites for hydroxylation is 1. The number of nitrogens with one attached hydrogen (secondary N) is 1. The topological polar surface area (TPSA) is 98.2 Å². The van der Waals surface area contributed by atoms with Crippen LogP contribution in [0.25, 0.3) is 0 Å². The summed E-state index contributed by atoms with van der Waals surface area (Å²) in [6, 6.07) is 8.88. The molecule has 0 amide bonds. The molecule has 0 atom stereocenters. The number of hydrogen-bond acceptors (Lipinski definition) is 4. The maximum Gasteiger partial charge on any atom is 0.240 e. The number of halogens is 1. The molecule has 0 fully saturated rings. The second-order valence-electron chi connectivity index (χ2n) is 4.39. The minimum atomic E-state index is -3.84. The molecule has 0 saturated carbocycles. The molecule has 7 heteroatoms. The molecule has 2 aromatic rings. The zero-order valence-corrected chi connectivity index (χ0v) is 11.5. The van der Waals surface area contributed by atoms with E-state index in [9.17, 15) is 12.8 Å². The highest BCUT2D eigenvalue weighted by atomic mass is 32.2. The second-order valence-corrected chi connectivity index (χ2v) is 5.92. The van der Waals surface area contributed by atoms with E-state index in [1.165, 1.54) is 24.3 Å². The molecule has 0 bridgehead atoms. The summed E-state index contributed by atoms with van der Waals surface area (Å²) in [6.07, 6.45) is 0. The van der Waals surface area contributed by atoms with Crippen molar-refractivity contribution in [3.05, 3.63) is 47.8 Å². The summed E-state index contributed by atoms with van der Waals surface area (Å²) in [7, 11) is -3.84. The third-order valence-electron chi connectivity index (χ3n) is 2.76. The molecule has 0 saturated heterocycles. The van der Waals surface area contributed by atoms with Gasteiger partial charge in [-0.25, -0.2) is 17.9 Å². The molecule has 0 aromatic heterocycles. The smallest absolute Gasteiger partial charge is 0.240 e. The fraction of sp³-hybridized carbons (Fsp3) is 0.0769. The van der Waals surface area contributed by atoms with Crippen LogP contribution in [0, 0.1) is 12.7 Å². The van der Waals surface area contributed by atoms with Gasteiger partial charge in [0.15, 0.2) is 0 Å². The summed E-state index contributed by atoms with van der Waals surface area (Å²) in [5, 5.41) is 8.04. The van der Waals surface area contributed by atoms with Crippen molar-refractivity contribution < 1.29 is 12.8 Å². The van der Waals surface area contributed by atoms with Crippen molar-refractivity contribution in [3.63, 3.8) is 0 Å². The van der Waals surface area contributed by atoms with E-state index in [4.69, 9.17) is 10.9 Å². The number of nitrogens with two attached hydrogens (primary N) is 2. The lowest BCUT2D eigenvalue weighted by atomic mass is 10.2. The molecule has 0 aliphatic rings. The molecule has 0 radical (unpaired) electrons. The highest BCUT2D eigenvalue weighted by Gasteiger charge is 2.12. The summed E-state index contributed by atoms with van der Waals surface area (Å²) in [5.74, 6) is -0.292. The Balaban J connectivity index is 2.31. The van der Waals surface area contributed by atoms with E-state index in [0.29, 0.717) is 16.9 Å². The van der Waals surface area contributed by atoms with Crippen LogP contribution in [0.5, 0.6) is 0 Å². The Bertz CT molecular complexity index is 760. The number of nitrogen functional groups attached to an aromatic ring is 1. The fourth-order valence-corrected chi connectivity index (χ4v) is 2.42. The molecule has 5 nitrogen and oxygen atoms in total. The Hall–Kier alpha value is -2.12. The first-order chi connectivity index (χ1) is 9.27. The molecule has 5 N–H and O–H groups in total. The van der Waals surface area contributed by atoms with Crippen molar-refractivity contribution in [2.24, 2.45) is 5.14 Å². The fourth-order valence-electron chi connectivity index (χ4n) is 1.77. The van der Waals surface area contributed by atoms with Gasteiger partial charge in [-0.05, 0) is 48.9 Å². The van der Waals surface area contributed by atoms with Crippen LogP contribution in [0.3, 0.4) is 0 Å². The van der Waals surface area contributed by atoms with Gasteiger partial charge in [-0.1, -0.05) is 0 Å². The van der Waals surface area contributed by atoms with Gasteiger partial charge < -0.3 is 11.1 Å². The van der Waals surface area contributed by atoms with Crippen molar-refractivity contribution in [1.29, 1.82) is 0 Å². The van der Waals surface area contributed by atoms with Crippen molar-refractivity contribution in [1.82, 2.24) is 0 Å². The van der Waals surface area contributed by atoms with Crippen molar-refractivity contribution in [2.45, 2.75) is 11.8 Å². The van der Waals surface area contributed by atoms with E-state index in [-0.39, 0.29) is 16.4 Å². The van der Waals surface area contributed by atoms with Crippen LogP contribution in [0.1, 0.15) is 5.56 Å². The van der Waals surface area contributed by atoms with E-state index in [1.54, 1.807) is 19.1 Å². The lowest BCUT2D eigenvalue weighted by Crippen LogP contribution is -2.14. The quantitative estimate of drug-likeness (QED) is 0.755. The molecule has 2 rings (SSSR count). The summed E-state index contributed by atoms with van der Waals surface area (Å²) < 4.78 is 35.6. The molecule has 2 aromatic carbocycles. The van der Waals surface area contributed by atoms with Gasteiger partial charge in [0.2, 0.25) is 10.0 Å². The van der Waals surface area contributed by atoms with Gasteiger partial charge >= 0.3 is 0 Å². The van der Waals surface area contributed by atoms with Gasteiger partial charge in [-0.15, -0.1) is 0 Å². The first-order valence-corrected chi connectivity index (χ1v) is 7.27. The van der Waals surface area contributed by atoms with Crippen LogP contribution in [0.2, 0.25) is 0 Å². The predicted molar refractivity (Wildman–Crippen MR) is 76.6 cm³/mol. The Morgan fingerprint density at radius 2 is 1.70 bits per heavy atom. The number of hydrogen-bond donors (Lipinski definition) is 3. The molecule has 0 unspecified atom stereocenters. The lowest BCUT2D eigenvalue weighted by Gasteiger charge is -2.10. The number of sulfonamides is 1. The molecule has 0 aliphatic heterocycles. The summed E-state index contributed by atoms with van der Waals surface area (Å²) in [6.45, 7) is 1.65. The monoisotopic (exact) mass is 295 g/mol. The Kier molecular flexibility index (Phi) is 3.65. The molecular formula is C13H14FN3O2S. The summed E-state index contributed by atoms with van der Waals surface area (Å²) >= 11 is 0. The SMILES string of the molecule is Cc1cc(Nc2ccc(S(N)(=O)=O)c(N)c2)ccc1F. The van der Waals surface area contributed by atoms with Crippen molar-refractivity contribution in [3.8, 4) is 0 Å². The average Bonchev–Trinajstić information content (AvgIpc) is 2.32. The van der Waals surface area contributed by atoms with Crippen molar-refractivity contribution in [2.75, 3.05) is 11.1 Å².